The molecule has 2 aromatic carbocycles. The first-order valence-electron chi connectivity index (χ1n) is 7.96. The quantitative estimate of drug-likeness (QED) is 0.450. The number of ether oxygens (including phenoxy) is 1. The standard InChI is InChI=1S/C18H15F3N4O2S/c1-25-14-8-3-10(18(19,20)21)9-13(14)15(16(25)26)23-24-17(28)22-11-4-6-12(27-2)7-5-11/h3-9,26H,1-2H3,(H,22,28). The summed E-state index contributed by atoms with van der Waals surface area (Å²) in [5.74, 6) is 0.351. The van der Waals surface area contributed by atoms with E-state index in [1.54, 1.807) is 31.4 Å². The molecule has 0 spiro atoms. The van der Waals surface area contributed by atoms with Crippen LogP contribution in [-0.2, 0) is 13.2 Å². The van der Waals surface area contributed by atoms with E-state index in [4.69, 9.17) is 17.0 Å². The third-order valence-electron chi connectivity index (χ3n) is 4.05. The van der Waals surface area contributed by atoms with Gasteiger partial charge in [-0.1, -0.05) is 0 Å². The van der Waals surface area contributed by atoms with Gasteiger partial charge in [0.2, 0.25) is 11.0 Å². The first-order chi connectivity index (χ1) is 13.2. The van der Waals surface area contributed by atoms with Gasteiger partial charge < -0.3 is 19.7 Å². The Balaban J connectivity index is 1.89. The first kappa shape index (κ1) is 19.6. The van der Waals surface area contributed by atoms with E-state index in [-0.39, 0.29) is 22.1 Å². The Morgan fingerprint density at radius 1 is 1.18 bits per heavy atom. The summed E-state index contributed by atoms with van der Waals surface area (Å²) < 4.78 is 45.4. The van der Waals surface area contributed by atoms with Gasteiger partial charge in [0.1, 0.15) is 5.75 Å². The number of thiocarbonyl (C=S) groups is 1. The highest BCUT2D eigenvalue weighted by Gasteiger charge is 2.31. The first-order valence-corrected chi connectivity index (χ1v) is 8.37. The van der Waals surface area contributed by atoms with Crippen molar-refractivity contribution in [3.05, 3.63) is 48.0 Å². The van der Waals surface area contributed by atoms with E-state index in [1.807, 2.05) is 0 Å². The number of methoxy groups -OCH3 is 1. The summed E-state index contributed by atoms with van der Waals surface area (Å²) in [6, 6.07) is 10.00. The monoisotopic (exact) mass is 408 g/mol. The lowest BCUT2D eigenvalue weighted by Crippen LogP contribution is -2.04. The van der Waals surface area contributed by atoms with Crippen molar-refractivity contribution in [2.24, 2.45) is 17.3 Å². The van der Waals surface area contributed by atoms with Crippen molar-refractivity contribution >= 4 is 39.6 Å². The number of nitrogens with one attached hydrogen (secondary N) is 1. The molecule has 0 aliphatic carbocycles. The number of nitrogens with zero attached hydrogens (tertiary/aromatic N) is 3. The lowest BCUT2D eigenvalue weighted by Gasteiger charge is -2.06. The van der Waals surface area contributed by atoms with Crippen LogP contribution in [0, 0.1) is 0 Å². The van der Waals surface area contributed by atoms with E-state index in [0.717, 1.165) is 12.1 Å². The molecular weight excluding hydrogens is 393 g/mol. The molecule has 0 aliphatic rings. The Morgan fingerprint density at radius 3 is 2.46 bits per heavy atom. The third kappa shape index (κ3) is 3.91. The number of alkyl halides is 3. The fraction of sp³-hybridized carbons (Fsp3) is 0.167. The highest BCUT2D eigenvalue weighted by molar-refractivity contribution is 7.80. The van der Waals surface area contributed by atoms with Gasteiger partial charge in [-0.3, -0.25) is 0 Å². The summed E-state index contributed by atoms with van der Waals surface area (Å²) >= 11 is 5.08. The van der Waals surface area contributed by atoms with Crippen LogP contribution in [0.2, 0.25) is 0 Å². The Labute approximate surface area is 163 Å². The van der Waals surface area contributed by atoms with E-state index in [0.29, 0.717) is 17.0 Å². The molecule has 0 atom stereocenters. The minimum absolute atomic E-state index is 0.0199. The van der Waals surface area contributed by atoms with Crippen LogP contribution in [0.5, 0.6) is 11.6 Å². The van der Waals surface area contributed by atoms with Crippen LogP contribution in [0.3, 0.4) is 0 Å². The second-order valence-electron chi connectivity index (χ2n) is 5.82. The number of halogens is 3. The van der Waals surface area contributed by atoms with Crippen molar-refractivity contribution in [2.75, 3.05) is 12.4 Å². The van der Waals surface area contributed by atoms with Gasteiger partial charge in [0.05, 0.1) is 18.2 Å². The average Bonchev–Trinajstić information content (AvgIpc) is 2.90. The maximum Gasteiger partial charge on any atom is 0.416 e. The molecule has 3 aromatic rings. The Morgan fingerprint density at radius 2 is 1.86 bits per heavy atom. The van der Waals surface area contributed by atoms with Crippen LogP contribution in [0.1, 0.15) is 5.56 Å². The van der Waals surface area contributed by atoms with Gasteiger partial charge in [0.25, 0.3) is 0 Å². The molecule has 1 aromatic heterocycles. The Hall–Kier alpha value is -3.14. The van der Waals surface area contributed by atoms with Crippen LogP contribution in [0.25, 0.3) is 10.9 Å². The minimum atomic E-state index is -4.51. The second-order valence-corrected chi connectivity index (χ2v) is 6.21. The number of azo groups is 1. The van der Waals surface area contributed by atoms with Crippen molar-refractivity contribution in [1.29, 1.82) is 0 Å². The maximum atomic E-state index is 13.0. The summed E-state index contributed by atoms with van der Waals surface area (Å²) in [4.78, 5) is 0. The zero-order valence-corrected chi connectivity index (χ0v) is 15.6. The van der Waals surface area contributed by atoms with Crippen molar-refractivity contribution in [3.8, 4) is 11.6 Å². The number of aryl methyl sites for hydroxylation is 1. The summed E-state index contributed by atoms with van der Waals surface area (Å²) in [6.07, 6.45) is -4.51. The summed E-state index contributed by atoms with van der Waals surface area (Å²) in [5.41, 5.74) is 0.0724. The summed E-state index contributed by atoms with van der Waals surface area (Å²) in [5, 5.41) is 20.8. The molecule has 6 nitrogen and oxygen atoms in total. The fourth-order valence-corrected chi connectivity index (χ4v) is 2.76. The number of rotatable bonds is 3. The fourth-order valence-electron chi connectivity index (χ4n) is 2.60. The summed E-state index contributed by atoms with van der Waals surface area (Å²) in [6.45, 7) is 0. The lowest BCUT2D eigenvalue weighted by atomic mass is 10.1. The molecule has 0 saturated carbocycles. The Kier molecular flexibility index (Phi) is 5.23. The number of fused-ring (bicyclic) bond motifs is 1. The molecule has 0 unspecified atom stereocenters. The number of hydrogen-bond donors (Lipinski definition) is 2. The van der Waals surface area contributed by atoms with Crippen molar-refractivity contribution < 1.29 is 23.0 Å². The number of hydrogen-bond acceptors (Lipinski definition) is 4. The maximum absolute atomic E-state index is 13.0. The van der Waals surface area contributed by atoms with Crippen molar-refractivity contribution in [2.45, 2.75) is 6.18 Å². The molecule has 1 heterocycles. The molecule has 0 saturated heterocycles. The van der Waals surface area contributed by atoms with E-state index in [2.05, 4.69) is 15.5 Å². The minimum Gasteiger partial charge on any atom is -0.497 e. The topological polar surface area (TPSA) is 71.1 Å². The van der Waals surface area contributed by atoms with Gasteiger partial charge in [-0.2, -0.15) is 13.2 Å². The molecule has 3 rings (SSSR count). The van der Waals surface area contributed by atoms with E-state index in [1.165, 1.54) is 17.7 Å². The molecule has 146 valence electrons. The molecule has 0 fully saturated rings. The van der Waals surface area contributed by atoms with Gasteiger partial charge in [-0.25, -0.2) is 0 Å². The molecule has 0 bridgehead atoms. The number of aromatic nitrogens is 1. The van der Waals surface area contributed by atoms with Crippen LogP contribution in [-0.4, -0.2) is 21.9 Å². The van der Waals surface area contributed by atoms with E-state index < -0.39 is 11.7 Å². The van der Waals surface area contributed by atoms with Crippen molar-refractivity contribution in [3.63, 3.8) is 0 Å². The van der Waals surface area contributed by atoms with Gasteiger partial charge in [-0.15, -0.1) is 10.2 Å². The molecule has 2 N–H and O–H groups in total. The zero-order valence-electron chi connectivity index (χ0n) is 14.8. The molecule has 0 aliphatic heterocycles. The van der Waals surface area contributed by atoms with Crippen LogP contribution in [0.15, 0.2) is 52.7 Å². The molecule has 0 radical (unpaired) electrons. The SMILES string of the molecule is COc1ccc(NC(=S)N=Nc2c(O)n(C)c3ccc(C(F)(F)F)cc23)cc1. The van der Waals surface area contributed by atoms with Gasteiger partial charge >= 0.3 is 6.18 Å². The predicted octanol–water partition coefficient (Wildman–Crippen LogP) is 5.39. The smallest absolute Gasteiger partial charge is 0.416 e. The summed E-state index contributed by atoms with van der Waals surface area (Å²) in [7, 11) is 3.06. The number of anilines is 1. The predicted molar refractivity (Wildman–Crippen MR) is 103 cm³/mol. The van der Waals surface area contributed by atoms with Gasteiger partial charge in [-0.05, 0) is 54.7 Å². The molecule has 0 amide bonds. The Bertz CT molecular complexity index is 1060. The number of benzene rings is 2. The normalized spacial score (nSPS) is 11.9. The zero-order chi connectivity index (χ0) is 20.5. The molecular formula is C18H15F3N4O2S. The average molecular weight is 408 g/mol. The third-order valence-corrected chi connectivity index (χ3v) is 4.24. The van der Waals surface area contributed by atoms with Crippen LogP contribution >= 0.6 is 12.2 Å². The van der Waals surface area contributed by atoms with Crippen LogP contribution < -0.4 is 10.1 Å². The van der Waals surface area contributed by atoms with Gasteiger partial charge in [0, 0.05) is 18.1 Å². The molecule has 28 heavy (non-hydrogen) atoms. The lowest BCUT2D eigenvalue weighted by molar-refractivity contribution is -0.137. The van der Waals surface area contributed by atoms with E-state index >= 15 is 0 Å². The highest BCUT2D eigenvalue weighted by atomic mass is 32.1. The van der Waals surface area contributed by atoms with Crippen molar-refractivity contribution in [1.82, 2.24) is 4.57 Å². The van der Waals surface area contributed by atoms with Crippen LogP contribution in [0.4, 0.5) is 24.5 Å². The largest absolute Gasteiger partial charge is 0.497 e. The number of aromatic hydroxyl groups is 1. The van der Waals surface area contributed by atoms with E-state index in [9.17, 15) is 18.3 Å². The molecule has 10 heteroatoms. The van der Waals surface area contributed by atoms with Gasteiger partial charge in [0.15, 0.2) is 5.69 Å². The second kappa shape index (κ2) is 7.47. The highest BCUT2D eigenvalue weighted by Crippen LogP contribution is 2.41.